The van der Waals surface area contributed by atoms with E-state index in [1.165, 1.54) is 0 Å². The predicted octanol–water partition coefficient (Wildman–Crippen LogP) is 1.22. The first-order valence-electron chi connectivity index (χ1n) is 5.02. The smallest absolute Gasteiger partial charge is 0.317 e. The second kappa shape index (κ2) is 4.17. The van der Waals surface area contributed by atoms with Crippen molar-refractivity contribution in [2.75, 3.05) is 20.2 Å². The molecule has 0 bridgehead atoms. The third-order valence-corrected chi connectivity index (χ3v) is 2.25. The van der Waals surface area contributed by atoms with Crippen molar-refractivity contribution in [2.24, 2.45) is 0 Å². The number of carbonyl (C=O) groups excluding carboxylic acids is 1. The number of ether oxygens (including phenoxy) is 1. The Morgan fingerprint density at radius 2 is 2.14 bits per heavy atom. The Balaban J connectivity index is 2.40. The zero-order chi connectivity index (χ0) is 10.8. The Morgan fingerprint density at radius 3 is 2.57 bits per heavy atom. The number of nitrogens with one attached hydrogen (secondary N) is 1. The lowest BCUT2D eigenvalue weighted by Gasteiger charge is -2.25. The lowest BCUT2D eigenvalue weighted by atomic mass is 10.1. The molecule has 1 unspecified atom stereocenters. The Bertz CT molecular complexity index is 211. The van der Waals surface area contributed by atoms with Gasteiger partial charge < -0.3 is 15.0 Å². The van der Waals surface area contributed by atoms with Crippen molar-refractivity contribution >= 4 is 6.03 Å². The van der Waals surface area contributed by atoms with Crippen LogP contribution in [0.5, 0.6) is 0 Å². The standard InChI is InChI=1S/C10H20N2O2/c1-10(2,3)11-9(13)12-6-5-8(7-12)14-4/h8H,5-7H2,1-4H3,(H,11,13). The number of likely N-dealkylation sites (tertiary alicyclic amines) is 1. The molecule has 82 valence electrons. The zero-order valence-corrected chi connectivity index (χ0v) is 9.46. The van der Waals surface area contributed by atoms with Gasteiger partial charge in [-0.1, -0.05) is 0 Å². The first-order valence-corrected chi connectivity index (χ1v) is 5.02. The van der Waals surface area contributed by atoms with Crippen LogP contribution in [-0.2, 0) is 4.74 Å². The van der Waals surface area contributed by atoms with Crippen molar-refractivity contribution in [3.8, 4) is 0 Å². The highest BCUT2D eigenvalue weighted by atomic mass is 16.5. The van der Waals surface area contributed by atoms with E-state index in [0.29, 0.717) is 6.54 Å². The molecule has 0 radical (unpaired) electrons. The van der Waals surface area contributed by atoms with Crippen LogP contribution in [0.15, 0.2) is 0 Å². The minimum Gasteiger partial charge on any atom is -0.380 e. The van der Waals surface area contributed by atoms with E-state index in [0.717, 1.165) is 13.0 Å². The molecule has 14 heavy (non-hydrogen) atoms. The quantitative estimate of drug-likeness (QED) is 0.691. The van der Waals surface area contributed by atoms with Gasteiger partial charge in [0.15, 0.2) is 0 Å². The van der Waals surface area contributed by atoms with Gasteiger partial charge in [0.25, 0.3) is 0 Å². The number of nitrogens with zero attached hydrogens (tertiary/aromatic N) is 1. The first kappa shape index (κ1) is 11.3. The van der Waals surface area contributed by atoms with Crippen molar-refractivity contribution < 1.29 is 9.53 Å². The van der Waals surface area contributed by atoms with E-state index in [1.807, 2.05) is 20.8 Å². The number of hydrogen-bond acceptors (Lipinski definition) is 2. The molecule has 1 fully saturated rings. The molecule has 1 heterocycles. The van der Waals surface area contributed by atoms with E-state index in [1.54, 1.807) is 12.0 Å². The number of hydrogen-bond donors (Lipinski definition) is 1. The van der Waals surface area contributed by atoms with E-state index in [2.05, 4.69) is 5.32 Å². The van der Waals surface area contributed by atoms with Crippen LogP contribution >= 0.6 is 0 Å². The molecule has 0 aromatic rings. The third kappa shape index (κ3) is 3.18. The fourth-order valence-electron chi connectivity index (χ4n) is 1.50. The average Bonchev–Trinajstić information content (AvgIpc) is 2.48. The molecule has 1 saturated heterocycles. The summed E-state index contributed by atoms with van der Waals surface area (Å²) in [5, 5.41) is 2.94. The second-order valence-corrected chi connectivity index (χ2v) is 4.77. The molecule has 0 aromatic carbocycles. The zero-order valence-electron chi connectivity index (χ0n) is 9.46. The maximum Gasteiger partial charge on any atom is 0.317 e. The highest BCUT2D eigenvalue weighted by Crippen LogP contribution is 2.12. The van der Waals surface area contributed by atoms with Crippen molar-refractivity contribution in [3.63, 3.8) is 0 Å². The van der Waals surface area contributed by atoms with Crippen LogP contribution in [-0.4, -0.2) is 42.8 Å². The predicted molar refractivity (Wildman–Crippen MR) is 55.3 cm³/mol. The molecule has 4 heteroatoms. The van der Waals surface area contributed by atoms with Gasteiger partial charge in [0, 0.05) is 25.7 Å². The molecule has 1 atom stereocenters. The van der Waals surface area contributed by atoms with E-state index < -0.39 is 0 Å². The molecule has 0 saturated carbocycles. The summed E-state index contributed by atoms with van der Waals surface area (Å²) in [6.45, 7) is 7.44. The molecule has 4 nitrogen and oxygen atoms in total. The van der Waals surface area contributed by atoms with Crippen molar-refractivity contribution in [2.45, 2.75) is 38.8 Å². The number of amides is 2. The van der Waals surface area contributed by atoms with Crippen LogP contribution in [0.2, 0.25) is 0 Å². The summed E-state index contributed by atoms with van der Waals surface area (Å²) < 4.78 is 5.20. The number of urea groups is 1. The number of rotatable bonds is 1. The second-order valence-electron chi connectivity index (χ2n) is 4.77. The normalized spacial score (nSPS) is 22.6. The number of carbonyl (C=O) groups is 1. The van der Waals surface area contributed by atoms with Crippen LogP contribution in [0.3, 0.4) is 0 Å². The topological polar surface area (TPSA) is 41.6 Å². The fourth-order valence-corrected chi connectivity index (χ4v) is 1.50. The van der Waals surface area contributed by atoms with E-state index in [4.69, 9.17) is 4.74 Å². The van der Waals surface area contributed by atoms with Crippen LogP contribution in [0.4, 0.5) is 4.79 Å². The Hall–Kier alpha value is -0.770. The molecule has 1 aliphatic heterocycles. The van der Waals surface area contributed by atoms with Gasteiger partial charge in [-0.05, 0) is 27.2 Å². The summed E-state index contributed by atoms with van der Waals surface area (Å²) in [5.41, 5.74) is -0.164. The highest BCUT2D eigenvalue weighted by Gasteiger charge is 2.27. The fraction of sp³-hybridized carbons (Fsp3) is 0.900. The molecular formula is C10H20N2O2. The molecule has 1 N–H and O–H groups in total. The summed E-state index contributed by atoms with van der Waals surface area (Å²) in [6.07, 6.45) is 1.15. The minimum absolute atomic E-state index is 0.0112. The first-order chi connectivity index (χ1) is 6.42. The molecule has 2 amide bonds. The van der Waals surface area contributed by atoms with Crippen molar-refractivity contribution in [3.05, 3.63) is 0 Å². The van der Waals surface area contributed by atoms with Crippen LogP contribution in [0.25, 0.3) is 0 Å². The molecule has 0 aromatic heterocycles. The summed E-state index contributed by atoms with van der Waals surface area (Å²) >= 11 is 0. The van der Waals surface area contributed by atoms with Gasteiger partial charge in [-0.15, -0.1) is 0 Å². The maximum absolute atomic E-state index is 11.7. The van der Waals surface area contributed by atoms with Gasteiger partial charge in [0.1, 0.15) is 0 Å². The SMILES string of the molecule is COC1CCN(C(=O)NC(C)(C)C)C1. The van der Waals surface area contributed by atoms with Gasteiger partial charge >= 0.3 is 6.03 Å². The summed E-state index contributed by atoms with van der Waals surface area (Å²) in [5.74, 6) is 0. The molecule has 1 aliphatic rings. The van der Waals surface area contributed by atoms with Gasteiger partial charge in [0.05, 0.1) is 6.10 Å². The van der Waals surface area contributed by atoms with Gasteiger partial charge in [-0.25, -0.2) is 4.79 Å². The van der Waals surface area contributed by atoms with Crippen LogP contribution in [0, 0.1) is 0 Å². The number of methoxy groups -OCH3 is 1. The lowest BCUT2D eigenvalue weighted by molar-refractivity contribution is 0.109. The summed E-state index contributed by atoms with van der Waals surface area (Å²) in [4.78, 5) is 13.5. The monoisotopic (exact) mass is 200 g/mol. The summed E-state index contributed by atoms with van der Waals surface area (Å²) in [6, 6.07) is 0.0112. The molecule has 0 aliphatic carbocycles. The Labute approximate surface area is 85.6 Å². The van der Waals surface area contributed by atoms with E-state index >= 15 is 0 Å². The van der Waals surface area contributed by atoms with Crippen LogP contribution in [0.1, 0.15) is 27.2 Å². The Kier molecular flexibility index (Phi) is 3.37. The average molecular weight is 200 g/mol. The van der Waals surface area contributed by atoms with Gasteiger partial charge in [-0.3, -0.25) is 0 Å². The van der Waals surface area contributed by atoms with Crippen LogP contribution < -0.4 is 5.32 Å². The third-order valence-electron chi connectivity index (χ3n) is 2.25. The van der Waals surface area contributed by atoms with Crippen molar-refractivity contribution in [1.29, 1.82) is 0 Å². The van der Waals surface area contributed by atoms with E-state index in [-0.39, 0.29) is 17.7 Å². The minimum atomic E-state index is -0.164. The highest BCUT2D eigenvalue weighted by molar-refractivity contribution is 5.75. The molecular weight excluding hydrogens is 180 g/mol. The largest absolute Gasteiger partial charge is 0.380 e. The van der Waals surface area contributed by atoms with Crippen molar-refractivity contribution in [1.82, 2.24) is 10.2 Å². The summed E-state index contributed by atoms with van der Waals surface area (Å²) in [7, 11) is 1.69. The Morgan fingerprint density at radius 1 is 1.50 bits per heavy atom. The van der Waals surface area contributed by atoms with Gasteiger partial charge in [-0.2, -0.15) is 0 Å². The maximum atomic E-state index is 11.7. The van der Waals surface area contributed by atoms with Gasteiger partial charge in [0.2, 0.25) is 0 Å². The van der Waals surface area contributed by atoms with E-state index in [9.17, 15) is 4.79 Å². The lowest BCUT2D eigenvalue weighted by Crippen LogP contribution is -2.47. The molecule has 1 rings (SSSR count). The molecule has 0 spiro atoms.